The number of hydrogen-bond donors (Lipinski definition) is 2. The van der Waals surface area contributed by atoms with Gasteiger partial charge in [-0.25, -0.2) is 9.78 Å². The maximum atomic E-state index is 12.4. The molecule has 0 bridgehead atoms. The van der Waals surface area contributed by atoms with Gasteiger partial charge < -0.3 is 15.5 Å². The van der Waals surface area contributed by atoms with Crippen LogP contribution in [-0.4, -0.2) is 47.5 Å². The molecule has 1 saturated heterocycles. The summed E-state index contributed by atoms with van der Waals surface area (Å²) in [5.74, 6) is 0.560. The van der Waals surface area contributed by atoms with Gasteiger partial charge in [0, 0.05) is 49.3 Å². The van der Waals surface area contributed by atoms with E-state index in [2.05, 4.69) is 16.0 Å². The Morgan fingerprint density at radius 2 is 1.93 bits per heavy atom. The second-order valence-electron chi connectivity index (χ2n) is 8.07. The number of rotatable bonds is 6. The highest BCUT2D eigenvalue weighted by Gasteiger charge is 2.27. The SMILES string of the molecule is CC(C)C(=O)NCCc1csc(C2CCN(C(=O)NC3CCCC3)CC2)n1. The van der Waals surface area contributed by atoms with Crippen molar-refractivity contribution in [3.63, 3.8) is 0 Å². The van der Waals surface area contributed by atoms with E-state index in [0.29, 0.717) is 18.5 Å². The average Bonchev–Trinajstić information content (AvgIpc) is 3.33. The van der Waals surface area contributed by atoms with E-state index in [-0.39, 0.29) is 17.9 Å². The van der Waals surface area contributed by atoms with Crippen LogP contribution in [-0.2, 0) is 11.2 Å². The molecule has 2 N–H and O–H groups in total. The van der Waals surface area contributed by atoms with Gasteiger partial charge >= 0.3 is 6.03 Å². The second kappa shape index (κ2) is 9.53. The minimum absolute atomic E-state index is 0.0204. The monoisotopic (exact) mass is 392 g/mol. The smallest absolute Gasteiger partial charge is 0.317 e. The first-order valence-electron chi connectivity index (χ1n) is 10.3. The Kier molecular flexibility index (Phi) is 7.10. The van der Waals surface area contributed by atoms with Crippen molar-refractivity contribution in [1.82, 2.24) is 20.5 Å². The van der Waals surface area contributed by atoms with Crippen molar-refractivity contribution in [1.29, 1.82) is 0 Å². The molecule has 0 spiro atoms. The Bertz CT molecular complexity index is 632. The van der Waals surface area contributed by atoms with Gasteiger partial charge in [-0.15, -0.1) is 11.3 Å². The van der Waals surface area contributed by atoms with Crippen molar-refractivity contribution in [2.45, 2.75) is 70.8 Å². The molecule has 3 rings (SSSR count). The summed E-state index contributed by atoms with van der Waals surface area (Å²) in [5.41, 5.74) is 1.06. The van der Waals surface area contributed by atoms with E-state index in [0.717, 1.165) is 50.9 Å². The highest BCUT2D eigenvalue weighted by atomic mass is 32.1. The first kappa shape index (κ1) is 20.1. The standard InChI is InChI=1S/C20H32N4O2S/c1-14(2)18(25)21-10-7-17-13-27-19(22-17)15-8-11-24(12-9-15)20(26)23-16-5-3-4-6-16/h13-16H,3-12H2,1-2H3,(H,21,25)(H,23,26). The van der Waals surface area contributed by atoms with E-state index < -0.39 is 0 Å². The Labute approximate surface area is 166 Å². The molecule has 6 nitrogen and oxygen atoms in total. The zero-order valence-electron chi connectivity index (χ0n) is 16.5. The molecule has 0 aromatic carbocycles. The second-order valence-corrected chi connectivity index (χ2v) is 8.95. The molecule has 1 aromatic rings. The summed E-state index contributed by atoms with van der Waals surface area (Å²) in [5, 5.41) is 9.41. The fraction of sp³-hybridized carbons (Fsp3) is 0.750. The van der Waals surface area contributed by atoms with Crippen molar-refractivity contribution >= 4 is 23.3 Å². The van der Waals surface area contributed by atoms with Crippen LogP contribution in [0.15, 0.2) is 5.38 Å². The Morgan fingerprint density at radius 3 is 2.59 bits per heavy atom. The van der Waals surface area contributed by atoms with Gasteiger partial charge in [-0.1, -0.05) is 26.7 Å². The normalized spacial score (nSPS) is 18.9. The largest absolute Gasteiger partial charge is 0.355 e. The van der Waals surface area contributed by atoms with Gasteiger partial charge in [0.1, 0.15) is 0 Å². The fourth-order valence-corrected chi connectivity index (χ4v) is 4.83. The van der Waals surface area contributed by atoms with E-state index in [1.807, 2.05) is 18.7 Å². The molecule has 1 aliphatic heterocycles. The molecule has 1 saturated carbocycles. The summed E-state index contributed by atoms with van der Waals surface area (Å²) >= 11 is 1.71. The molecule has 2 fully saturated rings. The van der Waals surface area contributed by atoms with Crippen molar-refractivity contribution in [2.24, 2.45) is 5.92 Å². The van der Waals surface area contributed by atoms with Crippen LogP contribution in [0.2, 0.25) is 0 Å². The van der Waals surface area contributed by atoms with E-state index in [1.54, 1.807) is 11.3 Å². The Morgan fingerprint density at radius 1 is 1.22 bits per heavy atom. The van der Waals surface area contributed by atoms with Crippen LogP contribution in [0.4, 0.5) is 4.79 Å². The van der Waals surface area contributed by atoms with Crippen LogP contribution < -0.4 is 10.6 Å². The number of nitrogens with zero attached hydrogens (tertiary/aromatic N) is 2. The van der Waals surface area contributed by atoms with Crippen molar-refractivity contribution in [3.05, 3.63) is 16.1 Å². The highest BCUT2D eigenvalue weighted by molar-refractivity contribution is 7.09. The molecule has 1 aromatic heterocycles. The summed E-state index contributed by atoms with van der Waals surface area (Å²) in [4.78, 5) is 30.7. The number of likely N-dealkylation sites (tertiary alicyclic amines) is 1. The summed E-state index contributed by atoms with van der Waals surface area (Å²) in [6.07, 6.45) is 7.46. The van der Waals surface area contributed by atoms with Gasteiger partial charge in [-0.2, -0.15) is 0 Å². The third kappa shape index (κ3) is 5.67. The summed E-state index contributed by atoms with van der Waals surface area (Å²) in [6, 6.07) is 0.494. The number of amides is 3. The van der Waals surface area contributed by atoms with Gasteiger partial charge in [-0.05, 0) is 25.7 Å². The Balaban J connectivity index is 1.41. The van der Waals surface area contributed by atoms with Crippen molar-refractivity contribution in [3.8, 4) is 0 Å². The molecule has 150 valence electrons. The Hall–Kier alpha value is -1.63. The van der Waals surface area contributed by atoms with E-state index in [1.165, 1.54) is 17.8 Å². The minimum atomic E-state index is 0.0204. The number of hydrogen-bond acceptors (Lipinski definition) is 4. The molecule has 27 heavy (non-hydrogen) atoms. The molecule has 0 atom stereocenters. The van der Waals surface area contributed by atoms with Gasteiger partial charge in [-0.3, -0.25) is 4.79 Å². The lowest BCUT2D eigenvalue weighted by Gasteiger charge is -2.32. The van der Waals surface area contributed by atoms with Gasteiger partial charge in [0.05, 0.1) is 10.7 Å². The average molecular weight is 393 g/mol. The molecular formula is C20H32N4O2S. The van der Waals surface area contributed by atoms with Crippen LogP contribution in [0, 0.1) is 5.92 Å². The van der Waals surface area contributed by atoms with Gasteiger partial charge in [0.2, 0.25) is 5.91 Å². The molecule has 7 heteroatoms. The van der Waals surface area contributed by atoms with Crippen LogP contribution in [0.1, 0.15) is 69.0 Å². The van der Waals surface area contributed by atoms with Crippen molar-refractivity contribution < 1.29 is 9.59 Å². The maximum absolute atomic E-state index is 12.4. The van der Waals surface area contributed by atoms with Crippen LogP contribution in [0.25, 0.3) is 0 Å². The summed E-state index contributed by atoms with van der Waals surface area (Å²) < 4.78 is 0. The molecule has 0 unspecified atom stereocenters. The van der Waals surface area contributed by atoms with Crippen molar-refractivity contribution in [2.75, 3.05) is 19.6 Å². The number of piperidine rings is 1. The zero-order valence-corrected chi connectivity index (χ0v) is 17.3. The number of carbonyl (C=O) groups excluding carboxylic acids is 2. The first-order chi connectivity index (χ1) is 13.0. The molecule has 2 heterocycles. The third-order valence-electron chi connectivity index (χ3n) is 5.59. The van der Waals surface area contributed by atoms with Gasteiger partial charge in [0.15, 0.2) is 0 Å². The topological polar surface area (TPSA) is 74.3 Å². The first-order valence-corrected chi connectivity index (χ1v) is 11.2. The fourth-order valence-electron chi connectivity index (χ4n) is 3.81. The summed E-state index contributed by atoms with van der Waals surface area (Å²) in [6.45, 7) is 6.05. The van der Waals surface area contributed by atoms with E-state index >= 15 is 0 Å². The quantitative estimate of drug-likeness (QED) is 0.780. The molecule has 3 amide bonds. The summed E-state index contributed by atoms with van der Waals surface area (Å²) in [7, 11) is 0. The van der Waals surface area contributed by atoms with Crippen LogP contribution in [0.5, 0.6) is 0 Å². The predicted octanol–water partition coefficient (Wildman–Crippen LogP) is 3.29. The lowest BCUT2D eigenvalue weighted by Crippen LogP contribution is -2.47. The number of carbonyl (C=O) groups is 2. The number of urea groups is 1. The van der Waals surface area contributed by atoms with Crippen LogP contribution in [0.3, 0.4) is 0 Å². The number of thiazole rings is 1. The predicted molar refractivity (Wildman–Crippen MR) is 108 cm³/mol. The molecular weight excluding hydrogens is 360 g/mol. The lowest BCUT2D eigenvalue weighted by molar-refractivity contribution is -0.123. The number of aromatic nitrogens is 1. The molecule has 2 aliphatic rings. The lowest BCUT2D eigenvalue weighted by atomic mass is 9.98. The van der Waals surface area contributed by atoms with Crippen LogP contribution >= 0.6 is 11.3 Å². The molecule has 0 radical (unpaired) electrons. The van der Waals surface area contributed by atoms with E-state index in [9.17, 15) is 9.59 Å². The third-order valence-corrected chi connectivity index (χ3v) is 6.64. The minimum Gasteiger partial charge on any atom is -0.355 e. The van der Waals surface area contributed by atoms with E-state index in [4.69, 9.17) is 4.98 Å². The maximum Gasteiger partial charge on any atom is 0.317 e. The zero-order chi connectivity index (χ0) is 19.2. The molecule has 1 aliphatic carbocycles. The highest BCUT2D eigenvalue weighted by Crippen LogP contribution is 2.30. The van der Waals surface area contributed by atoms with Gasteiger partial charge in [0.25, 0.3) is 0 Å². The number of nitrogens with one attached hydrogen (secondary N) is 2.